The number of nitrogens with zero attached hydrogens (tertiary/aromatic N) is 1. The molecule has 1 aliphatic rings. The summed E-state index contributed by atoms with van der Waals surface area (Å²) in [4.78, 5) is 0. The van der Waals surface area contributed by atoms with Crippen molar-refractivity contribution < 1.29 is 23.0 Å². The number of rotatable bonds is 2. The van der Waals surface area contributed by atoms with E-state index in [0.717, 1.165) is 12.2 Å². The van der Waals surface area contributed by atoms with Gasteiger partial charge in [0.15, 0.2) is 5.60 Å². The van der Waals surface area contributed by atoms with Crippen molar-refractivity contribution in [2.75, 3.05) is 0 Å². The number of hydrogen-bond acceptors (Lipinski definition) is 3. The minimum Gasteiger partial charge on any atom is -0.508 e. The second kappa shape index (κ2) is 5.02. The first-order valence-electron chi connectivity index (χ1n) is 5.70. The Labute approximate surface area is 113 Å². The smallest absolute Gasteiger partial charge is 0.508 e. The molecule has 1 aliphatic carbocycles. The maximum absolute atomic E-state index is 12.4. The maximum atomic E-state index is 12.4. The largest absolute Gasteiger partial charge is 0.524 e. The molecule has 6 heteroatoms. The lowest BCUT2D eigenvalue weighted by Gasteiger charge is -2.28. The van der Waals surface area contributed by atoms with Crippen LogP contribution in [0.4, 0.5) is 13.2 Å². The van der Waals surface area contributed by atoms with E-state index in [1.165, 1.54) is 6.07 Å². The summed E-state index contributed by atoms with van der Waals surface area (Å²) in [5.74, 6) is -0.173. The number of ether oxygens (including phenoxy) is 1. The van der Waals surface area contributed by atoms with Crippen LogP contribution in [-0.2, 0) is 4.74 Å². The van der Waals surface area contributed by atoms with Crippen molar-refractivity contribution in [3.05, 3.63) is 53.8 Å². The Kier molecular flexibility index (Phi) is 3.55. The molecule has 0 aromatic heterocycles. The Morgan fingerprint density at radius 2 is 1.90 bits per heavy atom. The van der Waals surface area contributed by atoms with E-state index in [1.54, 1.807) is 30.3 Å². The highest BCUT2D eigenvalue weighted by atomic mass is 19.4. The molecule has 104 valence electrons. The van der Waals surface area contributed by atoms with Crippen LogP contribution in [0.25, 0.3) is 5.57 Å². The third kappa shape index (κ3) is 3.00. The van der Waals surface area contributed by atoms with Crippen molar-refractivity contribution in [2.24, 2.45) is 0 Å². The summed E-state index contributed by atoms with van der Waals surface area (Å²) in [5.41, 5.74) is -1.38. The first kappa shape index (κ1) is 14.2. The fourth-order valence-corrected chi connectivity index (χ4v) is 1.99. The molecule has 0 amide bonds. The van der Waals surface area contributed by atoms with E-state index < -0.39 is 12.0 Å². The predicted molar refractivity (Wildman–Crippen MR) is 65.2 cm³/mol. The molecule has 0 spiro atoms. The fourth-order valence-electron chi connectivity index (χ4n) is 1.99. The summed E-state index contributed by atoms with van der Waals surface area (Å²) >= 11 is 0. The lowest BCUT2D eigenvalue weighted by atomic mass is 9.86. The number of benzene rings is 1. The van der Waals surface area contributed by atoms with E-state index in [-0.39, 0.29) is 17.8 Å². The number of hydrogen-bond donors (Lipinski definition) is 1. The quantitative estimate of drug-likeness (QED) is 0.899. The third-order valence-corrected chi connectivity index (χ3v) is 2.87. The second-order valence-electron chi connectivity index (χ2n) is 4.29. The van der Waals surface area contributed by atoms with Crippen LogP contribution in [0.3, 0.4) is 0 Å². The van der Waals surface area contributed by atoms with Gasteiger partial charge in [0.25, 0.3) is 0 Å². The first-order chi connectivity index (χ1) is 9.35. The SMILES string of the molecule is N#CC1(OC(F)(F)F)C=CC(O)=C(c2ccccc2)C1. The van der Waals surface area contributed by atoms with E-state index in [0.29, 0.717) is 5.56 Å². The third-order valence-electron chi connectivity index (χ3n) is 2.87. The van der Waals surface area contributed by atoms with Crippen molar-refractivity contribution in [1.82, 2.24) is 0 Å². The van der Waals surface area contributed by atoms with Crippen LogP contribution in [0.5, 0.6) is 0 Å². The topological polar surface area (TPSA) is 53.2 Å². The van der Waals surface area contributed by atoms with E-state index in [4.69, 9.17) is 5.26 Å². The Bertz CT molecular complexity index is 599. The molecule has 20 heavy (non-hydrogen) atoms. The highest BCUT2D eigenvalue weighted by Gasteiger charge is 2.44. The average Bonchev–Trinajstić information content (AvgIpc) is 2.41. The average molecular weight is 281 g/mol. The summed E-state index contributed by atoms with van der Waals surface area (Å²) in [7, 11) is 0. The van der Waals surface area contributed by atoms with Crippen LogP contribution in [0.2, 0.25) is 0 Å². The maximum Gasteiger partial charge on any atom is 0.524 e. The molecule has 0 heterocycles. The normalized spacial score (nSPS) is 22.7. The van der Waals surface area contributed by atoms with Crippen molar-refractivity contribution >= 4 is 5.57 Å². The van der Waals surface area contributed by atoms with Crippen molar-refractivity contribution in [3.63, 3.8) is 0 Å². The molecule has 1 N–H and O–H groups in total. The van der Waals surface area contributed by atoms with Crippen LogP contribution in [-0.4, -0.2) is 17.1 Å². The number of aliphatic hydroxyl groups excluding tert-OH is 1. The summed E-state index contributed by atoms with van der Waals surface area (Å²) in [5, 5.41) is 18.8. The molecule has 0 fully saturated rings. The van der Waals surface area contributed by atoms with Gasteiger partial charge < -0.3 is 5.11 Å². The van der Waals surface area contributed by atoms with E-state index >= 15 is 0 Å². The fraction of sp³-hybridized carbons (Fsp3) is 0.214. The monoisotopic (exact) mass is 281 g/mol. The number of nitriles is 1. The molecule has 1 aromatic rings. The van der Waals surface area contributed by atoms with Gasteiger partial charge >= 0.3 is 6.36 Å². The Balaban J connectivity index is 2.37. The van der Waals surface area contributed by atoms with Gasteiger partial charge in [-0.2, -0.15) is 5.26 Å². The molecule has 1 unspecified atom stereocenters. The minimum atomic E-state index is -4.94. The van der Waals surface area contributed by atoms with Crippen molar-refractivity contribution in [2.45, 2.75) is 18.4 Å². The van der Waals surface area contributed by atoms with Crippen LogP contribution >= 0.6 is 0 Å². The number of alkyl halides is 3. The Hall–Kier alpha value is -2.26. The standard InChI is InChI=1S/C14H10F3NO2/c15-14(16,17)20-13(9-18)7-6-12(19)11(8-13)10-4-2-1-3-5-10/h1-7,19H,8H2. The van der Waals surface area contributed by atoms with E-state index in [9.17, 15) is 18.3 Å². The number of allylic oxidation sites excluding steroid dienone is 1. The van der Waals surface area contributed by atoms with Crippen LogP contribution in [0, 0.1) is 11.3 Å². The zero-order valence-corrected chi connectivity index (χ0v) is 10.2. The van der Waals surface area contributed by atoms with Gasteiger partial charge in [-0.25, -0.2) is 0 Å². The van der Waals surface area contributed by atoms with Gasteiger partial charge in [-0.05, 0) is 17.7 Å². The zero-order valence-electron chi connectivity index (χ0n) is 10.2. The minimum absolute atomic E-state index is 0.173. The molecule has 0 saturated heterocycles. The van der Waals surface area contributed by atoms with Gasteiger partial charge in [0.2, 0.25) is 0 Å². The summed E-state index contributed by atoms with van der Waals surface area (Å²) in [6.07, 6.45) is -3.34. The van der Waals surface area contributed by atoms with Crippen molar-refractivity contribution in [3.8, 4) is 6.07 Å². The first-order valence-corrected chi connectivity index (χ1v) is 5.70. The lowest BCUT2D eigenvalue weighted by Crippen LogP contribution is -2.36. The van der Waals surface area contributed by atoms with Crippen LogP contribution in [0.1, 0.15) is 12.0 Å². The molecule has 1 aromatic carbocycles. The highest BCUT2D eigenvalue weighted by Crippen LogP contribution is 2.38. The van der Waals surface area contributed by atoms with Gasteiger partial charge in [0.1, 0.15) is 11.8 Å². The van der Waals surface area contributed by atoms with E-state index in [1.807, 2.05) is 0 Å². The zero-order chi connectivity index (χ0) is 14.8. The Morgan fingerprint density at radius 3 is 2.45 bits per heavy atom. The number of aliphatic hydroxyl groups is 1. The molecule has 3 nitrogen and oxygen atoms in total. The van der Waals surface area contributed by atoms with Gasteiger partial charge in [0.05, 0.1) is 0 Å². The van der Waals surface area contributed by atoms with Gasteiger partial charge in [-0.1, -0.05) is 30.3 Å². The van der Waals surface area contributed by atoms with Gasteiger partial charge in [-0.3, -0.25) is 4.74 Å². The molecule has 2 rings (SSSR count). The van der Waals surface area contributed by atoms with Crippen molar-refractivity contribution in [1.29, 1.82) is 5.26 Å². The predicted octanol–water partition coefficient (Wildman–Crippen LogP) is 3.71. The Morgan fingerprint density at radius 1 is 1.25 bits per heavy atom. The lowest BCUT2D eigenvalue weighted by molar-refractivity contribution is -0.348. The molecule has 0 radical (unpaired) electrons. The second-order valence-corrected chi connectivity index (χ2v) is 4.29. The number of halogens is 3. The molecule has 0 saturated carbocycles. The van der Waals surface area contributed by atoms with E-state index in [2.05, 4.69) is 4.74 Å². The summed E-state index contributed by atoms with van der Waals surface area (Å²) in [6.45, 7) is 0. The van der Waals surface area contributed by atoms with Crippen LogP contribution < -0.4 is 0 Å². The van der Waals surface area contributed by atoms with Gasteiger partial charge in [-0.15, -0.1) is 13.2 Å². The van der Waals surface area contributed by atoms with Gasteiger partial charge in [0, 0.05) is 12.0 Å². The molecule has 0 aliphatic heterocycles. The highest BCUT2D eigenvalue weighted by molar-refractivity contribution is 5.72. The molecule has 0 bridgehead atoms. The molecule has 1 atom stereocenters. The molecular formula is C14H10F3NO2. The van der Waals surface area contributed by atoms with Crippen LogP contribution in [0.15, 0.2) is 48.2 Å². The summed E-state index contributed by atoms with van der Waals surface area (Å²) in [6, 6.07) is 9.91. The summed E-state index contributed by atoms with van der Waals surface area (Å²) < 4.78 is 41.2. The molecular weight excluding hydrogens is 271 g/mol.